The van der Waals surface area contributed by atoms with Crippen LogP contribution in [0.2, 0.25) is 0 Å². The summed E-state index contributed by atoms with van der Waals surface area (Å²) in [6.07, 6.45) is 8.06. The maximum absolute atomic E-state index is 8.95. The molecular weight excluding hydrogens is 192 g/mol. The molecule has 2 nitrogen and oxygen atoms in total. The van der Waals surface area contributed by atoms with Crippen molar-refractivity contribution in [2.24, 2.45) is 0 Å². The average Bonchev–Trinajstić information content (AvgIpc) is 2.86. The minimum Gasteiger partial charge on any atom is -0.298 e. The molecule has 1 unspecified atom stereocenters. The van der Waals surface area contributed by atoms with Crippen molar-refractivity contribution in [1.29, 1.82) is 5.26 Å². The summed E-state index contributed by atoms with van der Waals surface area (Å²) < 4.78 is 0. The van der Waals surface area contributed by atoms with E-state index < -0.39 is 0 Å². The first-order valence-corrected chi connectivity index (χ1v) is 6.70. The SMILES string of the molecule is N#CC(CSC1CCCC1)NC1CC1. The fraction of sp³-hybridized carbons (Fsp3) is 0.909. The molecule has 0 aliphatic heterocycles. The third-order valence-electron chi connectivity index (χ3n) is 2.97. The predicted octanol–water partition coefficient (Wildman–Crippen LogP) is 2.31. The molecule has 2 rings (SSSR count). The molecule has 0 bridgehead atoms. The maximum atomic E-state index is 8.95. The zero-order chi connectivity index (χ0) is 9.80. The molecule has 0 aromatic carbocycles. The number of nitriles is 1. The Balaban J connectivity index is 1.63. The summed E-state index contributed by atoms with van der Waals surface area (Å²) >= 11 is 2.00. The van der Waals surface area contributed by atoms with Gasteiger partial charge in [0.25, 0.3) is 0 Å². The second-order valence-corrected chi connectivity index (χ2v) is 5.70. The molecule has 0 saturated heterocycles. The lowest BCUT2D eigenvalue weighted by Gasteiger charge is -2.13. The van der Waals surface area contributed by atoms with Crippen LogP contribution >= 0.6 is 11.8 Å². The van der Waals surface area contributed by atoms with Crippen molar-refractivity contribution in [1.82, 2.24) is 5.32 Å². The molecule has 0 radical (unpaired) electrons. The summed E-state index contributed by atoms with van der Waals surface area (Å²) in [4.78, 5) is 0. The van der Waals surface area contributed by atoms with E-state index in [1.807, 2.05) is 11.8 Å². The molecule has 2 fully saturated rings. The Kier molecular flexibility index (Phi) is 3.72. The van der Waals surface area contributed by atoms with Gasteiger partial charge in [-0.15, -0.1) is 0 Å². The number of hydrogen-bond donors (Lipinski definition) is 1. The first-order chi connectivity index (χ1) is 6.88. The Hall–Kier alpha value is -0.200. The number of rotatable bonds is 5. The number of hydrogen-bond acceptors (Lipinski definition) is 3. The van der Waals surface area contributed by atoms with E-state index in [4.69, 9.17) is 5.26 Å². The minimum atomic E-state index is 0.0908. The second-order valence-electron chi connectivity index (χ2n) is 4.36. The largest absolute Gasteiger partial charge is 0.298 e. The van der Waals surface area contributed by atoms with E-state index in [0.29, 0.717) is 6.04 Å². The predicted molar refractivity (Wildman–Crippen MR) is 60.3 cm³/mol. The van der Waals surface area contributed by atoms with Crippen LogP contribution in [0.25, 0.3) is 0 Å². The van der Waals surface area contributed by atoms with Gasteiger partial charge in [0.05, 0.1) is 6.07 Å². The molecule has 3 heteroatoms. The van der Waals surface area contributed by atoms with E-state index in [2.05, 4.69) is 11.4 Å². The smallest absolute Gasteiger partial charge is 0.105 e. The Labute approximate surface area is 90.4 Å². The molecule has 78 valence electrons. The Morgan fingerprint density at radius 3 is 2.57 bits per heavy atom. The molecule has 0 amide bonds. The molecule has 0 aromatic rings. The molecule has 14 heavy (non-hydrogen) atoms. The van der Waals surface area contributed by atoms with Crippen molar-refractivity contribution in [2.75, 3.05) is 5.75 Å². The highest BCUT2D eigenvalue weighted by Gasteiger charge is 2.25. The monoisotopic (exact) mass is 210 g/mol. The summed E-state index contributed by atoms with van der Waals surface area (Å²) in [6, 6.07) is 3.11. The molecule has 2 aliphatic rings. The van der Waals surface area contributed by atoms with Crippen LogP contribution in [0.3, 0.4) is 0 Å². The fourth-order valence-electron chi connectivity index (χ4n) is 1.94. The van der Waals surface area contributed by atoms with Crippen molar-refractivity contribution in [3.05, 3.63) is 0 Å². The topological polar surface area (TPSA) is 35.8 Å². The van der Waals surface area contributed by atoms with E-state index in [1.165, 1.54) is 38.5 Å². The van der Waals surface area contributed by atoms with Crippen molar-refractivity contribution in [3.63, 3.8) is 0 Å². The molecule has 2 saturated carbocycles. The standard InChI is InChI=1S/C11H18N2S/c12-7-10(13-9-5-6-9)8-14-11-3-1-2-4-11/h9-11,13H,1-6,8H2. The van der Waals surface area contributed by atoms with E-state index >= 15 is 0 Å². The minimum absolute atomic E-state index is 0.0908. The molecular formula is C11H18N2S. The normalized spacial score (nSPS) is 24.8. The third kappa shape index (κ3) is 3.18. The highest BCUT2D eigenvalue weighted by molar-refractivity contribution is 7.99. The Bertz CT molecular complexity index is 214. The summed E-state index contributed by atoms with van der Waals surface area (Å²) in [7, 11) is 0. The first kappa shape index (κ1) is 10.3. The summed E-state index contributed by atoms with van der Waals surface area (Å²) in [6.45, 7) is 0. The van der Waals surface area contributed by atoms with Crippen molar-refractivity contribution in [2.45, 2.75) is 55.9 Å². The van der Waals surface area contributed by atoms with Gasteiger partial charge >= 0.3 is 0 Å². The van der Waals surface area contributed by atoms with Crippen LogP contribution in [0.15, 0.2) is 0 Å². The molecule has 1 N–H and O–H groups in total. The zero-order valence-electron chi connectivity index (χ0n) is 8.54. The van der Waals surface area contributed by atoms with E-state index in [9.17, 15) is 0 Å². The number of thioether (sulfide) groups is 1. The van der Waals surface area contributed by atoms with Gasteiger partial charge in [0.15, 0.2) is 0 Å². The van der Waals surface area contributed by atoms with Gasteiger partial charge in [0, 0.05) is 17.0 Å². The van der Waals surface area contributed by atoms with Crippen LogP contribution in [0.1, 0.15) is 38.5 Å². The van der Waals surface area contributed by atoms with Gasteiger partial charge in [-0.05, 0) is 25.7 Å². The van der Waals surface area contributed by atoms with Gasteiger partial charge in [-0.3, -0.25) is 5.32 Å². The van der Waals surface area contributed by atoms with Crippen LogP contribution in [-0.4, -0.2) is 23.1 Å². The van der Waals surface area contributed by atoms with Gasteiger partial charge in [-0.2, -0.15) is 17.0 Å². The lowest BCUT2D eigenvalue weighted by atomic mass is 10.4. The number of nitrogens with one attached hydrogen (secondary N) is 1. The summed E-state index contributed by atoms with van der Waals surface area (Å²) in [5.41, 5.74) is 0. The van der Waals surface area contributed by atoms with Gasteiger partial charge in [0.2, 0.25) is 0 Å². The lowest BCUT2D eigenvalue weighted by Crippen LogP contribution is -2.32. The highest BCUT2D eigenvalue weighted by Crippen LogP contribution is 2.30. The zero-order valence-corrected chi connectivity index (χ0v) is 9.35. The molecule has 0 aromatic heterocycles. The molecule has 1 atom stereocenters. The van der Waals surface area contributed by atoms with E-state index in [0.717, 1.165) is 11.0 Å². The highest BCUT2D eigenvalue weighted by atomic mass is 32.2. The van der Waals surface area contributed by atoms with Crippen LogP contribution < -0.4 is 5.32 Å². The van der Waals surface area contributed by atoms with Crippen molar-refractivity contribution in [3.8, 4) is 6.07 Å². The summed E-state index contributed by atoms with van der Waals surface area (Å²) in [5.74, 6) is 0.984. The number of nitrogens with zero attached hydrogens (tertiary/aromatic N) is 1. The van der Waals surface area contributed by atoms with Crippen molar-refractivity contribution >= 4 is 11.8 Å². The second kappa shape index (κ2) is 5.04. The van der Waals surface area contributed by atoms with Crippen molar-refractivity contribution < 1.29 is 0 Å². The van der Waals surface area contributed by atoms with Gasteiger partial charge in [0.1, 0.15) is 6.04 Å². The molecule has 0 spiro atoms. The van der Waals surface area contributed by atoms with Crippen LogP contribution in [-0.2, 0) is 0 Å². The van der Waals surface area contributed by atoms with Gasteiger partial charge in [-0.25, -0.2) is 0 Å². The van der Waals surface area contributed by atoms with Crippen LogP contribution in [0.5, 0.6) is 0 Å². The quantitative estimate of drug-likeness (QED) is 0.756. The Morgan fingerprint density at radius 1 is 1.29 bits per heavy atom. The fourth-order valence-corrected chi connectivity index (χ4v) is 3.25. The lowest BCUT2D eigenvalue weighted by molar-refractivity contribution is 0.643. The average molecular weight is 210 g/mol. The van der Waals surface area contributed by atoms with Crippen LogP contribution in [0.4, 0.5) is 0 Å². The summed E-state index contributed by atoms with van der Waals surface area (Å²) in [5, 5.41) is 13.2. The Morgan fingerprint density at radius 2 is 2.00 bits per heavy atom. The van der Waals surface area contributed by atoms with Gasteiger partial charge < -0.3 is 0 Å². The van der Waals surface area contributed by atoms with Crippen LogP contribution in [0, 0.1) is 11.3 Å². The van der Waals surface area contributed by atoms with E-state index in [1.54, 1.807) is 0 Å². The third-order valence-corrected chi connectivity index (χ3v) is 4.44. The van der Waals surface area contributed by atoms with Gasteiger partial charge in [-0.1, -0.05) is 12.8 Å². The maximum Gasteiger partial charge on any atom is 0.105 e. The first-order valence-electron chi connectivity index (χ1n) is 5.66. The van der Waals surface area contributed by atoms with E-state index in [-0.39, 0.29) is 6.04 Å². The molecule has 0 heterocycles. The molecule has 2 aliphatic carbocycles.